The molecule has 94 valence electrons. The molecule has 2 nitrogen and oxygen atoms in total. The Morgan fingerprint density at radius 3 is 2.50 bits per heavy atom. The second kappa shape index (κ2) is 5.74. The number of ether oxygens (including phenoxy) is 1. The van der Waals surface area contributed by atoms with Gasteiger partial charge in [0.05, 0.1) is 18.2 Å². The van der Waals surface area contributed by atoms with Crippen LogP contribution in [0.15, 0.2) is 46.9 Å². The molecule has 0 saturated carbocycles. The molecule has 0 amide bonds. The van der Waals surface area contributed by atoms with Crippen LogP contribution in [0.1, 0.15) is 17.2 Å². The number of halogens is 2. The first-order chi connectivity index (χ1) is 8.61. The maximum Gasteiger partial charge on any atom is 0.137 e. The molecule has 0 aliphatic heterocycles. The summed E-state index contributed by atoms with van der Waals surface area (Å²) in [6.45, 7) is 0. The summed E-state index contributed by atoms with van der Waals surface area (Å²) < 4.78 is 6.13. The van der Waals surface area contributed by atoms with Gasteiger partial charge in [0.25, 0.3) is 0 Å². The third kappa shape index (κ3) is 2.86. The van der Waals surface area contributed by atoms with Crippen molar-refractivity contribution in [2.45, 2.75) is 6.04 Å². The Morgan fingerprint density at radius 2 is 1.89 bits per heavy atom. The zero-order valence-electron chi connectivity index (χ0n) is 9.86. The fourth-order valence-corrected chi connectivity index (χ4v) is 2.45. The normalized spacial score (nSPS) is 12.2. The van der Waals surface area contributed by atoms with Gasteiger partial charge in [0.2, 0.25) is 0 Å². The van der Waals surface area contributed by atoms with Crippen molar-refractivity contribution >= 4 is 27.5 Å². The van der Waals surface area contributed by atoms with E-state index in [1.807, 2.05) is 42.5 Å². The molecule has 0 heterocycles. The van der Waals surface area contributed by atoms with Gasteiger partial charge in [0, 0.05) is 4.47 Å². The molecule has 2 aromatic rings. The monoisotopic (exact) mass is 325 g/mol. The summed E-state index contributed by atoms with van der Waals surface area (Å²) in [7, 11) is 1.59. The Bertz CT molecular complexity index is 559. The zero-order chi connectivity index (χ0) is 13.1. The van der Waals surface area contributed by atoms with Crippen molar-refractivity contribution in [3.63, 3.8) is 0 Å². The predicted molar refractivity (Wildman–Crippen MR) is 78.2 cm³/mol. The molecule has 0 aliphatic carbocycles. The number of methoxy groups -OCH3 is 1. The fourth-order valence-electron chi connectivity index (χ4n) is 1.77. The van der Waals surface area contributed by atoms with Crippen molar-refractivity contribution < 1.29 is 4.74 Å². The molecule has 0 aromatic heterocycles. The Balaban J connectivity index is 2.34. The fraction of sp³-hybridized carbons (Fsp3) is 0.143. The molecule has 2 N–H and O–H groups in total. The molecule has 1 unspecified atom stereocenters. The summed E-state index contributed by atoms with van der Waals surface area (Å²) in [6.07, 6.45) is 0. The van der Waals surface area contributed by atoms with Crippen molar-refractivity contribution in [2.24, 2.45) is 5.73 Å². The molecule has 18 heavy (non-hydrogen) atoms. The topological polar surface area (TPSA) is 35.2 Å². The maximum absolute atomic E-state index is 6.23. The average molecular weight is 327 g/mol. The van der Waals surface area contributed by atoms with E-state index in [2.05, 4.69) is 15.9 Å². The lowest BCUT2D eigenvalue weighted by Gasteiger charge is -2.14. The van der Waals surface area contributed by atoms with Crippen LogP contribution in [0.4, 0.5) is 0 Å². The van der Waals surface area contributed by atoms with Gasteiger partial charge in [-0.05, 0) is 35.4 Å². The molecule has 0 bridgehead atoms. The standard InChI is InChI=1S/C14H13BrClNO/c1-18-13-6-5-10(8-12(13)16)14(17)9-3-2-4-11(15)7-9/h2-8,14H,17H2,1H3. The van der Waals surface area contributed by atoms with Gasteiger partial charge in [0.1, 0.15) is 5.75 Å². The number of nitrogens with two attached hydrogens (primary N) is 1. The summed E-state index contributed by atoms with van der Waals surface area (Å²) in [5.74, 6) is 0.654. The minimum Gasteiger partial charge on any atom is -0.495 e. The average Bonchev–Trinajstić information content (AvgIpc) is 2.37. The quantitative estimate of drug-likeness (QED) is 0.919. The highest BCUT2D eigenvalue weighted by Crippen LogP contribution is 2.29. The first kappa shape index (κ1) is 13.4. The summed E-state index contributed by atoms with van der Waals surface area (Å²) in [5.41, 5.74) is 8.22. The van der Waals surface area contributed by atoms with Crippen LogP contribution < -0.4 is 10.5 Å². The molecular formula is C14H13BrClNO. The Morgan fingerprint density at radius 1 is 1.17 bits per heavy atom. The highest BCUT2D eigenvalue weighted by atomic mass is 79.9. The molecule has 0 aliphatic rings. The van der Waals surface area contributed by atoms with E-state index in [4.69, 9.17) is 22.1 Å². The lowest BCUT2D eigenvalue weighted by atomic mass is 10.00. The van der Waals surface area contributed by atoms with Gasteiger partial charge in [0.15, 0.2) is 0 Å². The third-order valence-corrected chi connectivity index (χ3v) is 3.53. The summed E-state index contributed by atoms with van der Waals surface area (Å²) in [4.78, 5) is 0. The van der Waals surface area contributed by atoms with Crippen molar-refractivity contribution in [2.75, 3.05) is 7.11 Å². The van der Waals surface area contributed by atoms with Gasteiger partial charge in [-0.2, -0.15) is 0 Å². The van der Waals surface area contributed by atoms with E-state index in [0.717, 1.165) is 15.6 Å². The molecule has 1 atom stereocenters. The second-order valence-electron chi connectivity index (χ2n) is 3.93. The molecule has 0 fully saturated rings. The van der Waals surface area contributed by atoms with Crippen LogP contribution in [0.3, 0.4) is 0 Å². The predicted octanol–water partition coefficient (Wildman–Crippen LogP) is 4.16. The second-order valence-corrected chi connectivity index (χ2v) is 5.25. The van der Waals surface area contributed by atoms with Crippen LogP contribution in [-0.2, 0) is 0 Å². The molecule has 0 radical (unpaired) electrons. The highest BCUT2D eigenvalue weighted by Gasteiger charge is 2.11. The molecule has 0 spiro atoms. The summed E-state index contributed by atoms with van der Waals surface area (Å²) in [5, 5.41) is 0.570. The van der Waals surface area contributed by atoms with E-state index in [1.54, 1.807) is 7.11 Å². The lowest BCUT2D eigenvalue weighted by Crippen LogP contribution is -2.11. The van der Waals surface area contributed by atoms with Crippen LogP contribution in [0.25, 0.3) is 0 Å². The smallest absolute Gasteiger partial charge is 0.137 e. The van der Waals surface area contributed by atoms with Crippen LogP contribution in [-0.4, -0.2) is 7.11 Å². The Hall–Kier alpha value is -1.03. The van der Waals surface area contributed by atoms with Crippen molar-refractivity contribution in [3.05, 3.63) is 63.1 Å². The van der Waals surface area contributed by atoms with Gasteiger partial charge < -0.3 is 10.5 Å². The molecular weight excluding hydrogens is 314 g/mol. The SMILES string of the molecule is COc1ccc(C(N)c2cccc(Br)c2)cc1Cl. The minimum atomic E-state index is -0.203. The van der Waals surface area contributed by atoms with E-state index in [0.29, 0.717) is 10.8 Å². The van der Waals surface area contributed by atoms with Gasteiger partial charge in [-0.15, -0.1) is 0 Å². The third-order valence-electron chi connectivity index (χ3n) is 2.74. The van der Waals surface area contributed by atoms with Gasteiger partial charge in [-0.3, -0.25) is 0 Å². The number of hydrogen-bond acceptors (Lipinski definition) is 2. The maximum atomic E-state index is 6.23. The largest absolute Gasteiger partial charge is 0.495 e. The zero-order valence-corrected chi connectivity index (χ0v) is 12.2. The van der Waals surface area contributed by atoms with E-state index in [9.17, 15) is 0 Å². The number of rotatable bonds is 3. The molecule has 2 rings (SSSR count). The summed E-state index contributed by atoms with van der Waals surface area (Å²) >= 11 is 9.54. The molecule has 0 saturated heterocycles. The van der Waals surface area contributed by atoms with E-state index in [-0.39, 0.29) is 6.04 Å². The van der Waals surface area contributed by atoms with Crippen LogP contribution in [0.5, 0.6) is 5.75 Å². The van der Waals surface area contributed by atoms with Crippen molar-refractivity contribution in [3.8, 4) is 5.75 Å². The number of hydrogen-bond donors (Lipinski definition) is 1. The highest BCUT2D eigenvalue weighted by molar-refractivity contribution is 9.10. The lowest BCUT2D eigenvalue weighted by molar-refractivity contribution is 0.415. The first-order valence-electron chi connectivity index (χ1n) is 5.46. The minimum absolute atomic E-state index is 0.203. The van der Waals surface area contributed by atoms with E-state index < -0.39 is 0 Å². The van der Waals surface area contributed by atoms with Crippen molar-refractivity contribution in [1.82, 2.24) is 0 Å². The summed E-state index contributed by atoms with van der Waals surface area (Å²) in [6, 6.07) is 13.3. The Kier molecular flexibility index (Phi) is 4.27. The molecule has 4 heteroatoms. The first-order valence-corrected chi connectivity index (χ1v) is 6.63. The van der Waals surface area contributed by atoms with Crippen LogP contribution >= 0.6 is 27.5 Å². The van der Waals surface area contributed by atoms with E-state index in [1.165, 1.54) is 0 Å². The Labute approximate surface area is 120 Å². The van der Waals surface area contributed by atoms with Crippen molar-refractivity contribution in [1.29, 1.82) is 0 Å². The van der Waals surface area contributed by atoms with Crippen LogP contribution in [0, 0.1) is 0 Å². The van der Waals surface area contributed by atoms with Crippen LogP contribution in [0.2, 0.25) is 5.02 Å². The van der Waals surface area contributed by atoms with E-state index >= 15 is 0 Å². The van der Waals surface area contributed by atoms with Gasteiger partial charge in [-0.1, -0.05) is 45.7 Å². The van der Waals surface area contributed by atoms with Gasteiger partial charge in [-0.25, -0.2) is 0 Å². The number of benzene rings is 2. The van der Waals surface area contributed by atoms with Gasteiger partial charge >= 0.3 is 0 Å². The molecule has 2 aromatic carbocycles.